The van der Waals surface area contributed by atoms with Crippen LogP contribution < -0.4 is 10.5 Å². The van der Waals surface area contributed by atoms with Crippen LogP contribution in [0.4, 0.5) is 23.0 Å². The molecule has 0 saturated heterocycles. The Labute approximate surface area is 157 Å². The van der Waals surface area contributed by atoms with Gasteiger partial charge in [0.25, 0.3) is 10.0 Å². The van der Waals surface area contributed by atoms with E-state index in [4.69, 9.17) is 5.73 Å². The average Bonchev–Trinajstić information content (AvgIpc) is 2.62. The molecule has 0 atom stereocenters. The normalized spacial score (nSPS) is 11.6. The lowest BCUT2D eigenvalue weighted by molar-refractivity contribution is 0.601. The average molecular weight is 382 g/mol. The molecule has 3 rings (SSSR count). The lowest BCUT2D eigenvalue weighted by atomic mass is 10.3. The van der Waals surface area contributed by atoms with Crippen molar-refractivity contribution in [3.8, 4) is 0 Å². The summed E-state index contributed by atoms with van der Waals surface area (Å²) in [5.41, 5.74) is 8.28. The fraction of sp³-hybridized carbons (Fsp3) is 0.111. The molecule has 0 unspecified atom stereocenters. The van der Waals surface area contributed by atoms with Crippen LogP contribution in [-0.4, -0.2) is 18.4 Å². The first-order valence-corrected chi connectivity index (χ1v) is 9.54. The summed E-state index contributed by atoms with van der Waals surface area (Å²) in [7, 11) is -3.82. The van der Waals surface area contributed by atoms with Crippen LogP contribution in [-0.2, 0) is 10.0 Å². The maximum Gasteiger partial charge on any atom is 0.264 e. The van der Waals surface area contributed by atoms with Crippen molar-refractivity contribution in [1.82, 2.24) is 9.97 Å². The monoisotopic (exact) mass is 382 g/mol. The molecule has 3 aromatic rings. The van der Waals surface area contributed by atoms with Crippen LogP contribution >= 0.6 is 0 Å². The summed E-state index contributed by atoms with van der Waals surface area (Å²) in [6.45, 7) is 3.43. The minimum absolute atomic E-state index is 0.0273. The number of nitrogen functional groups attached to an aromatic ring is 1. The minimum atomic E-state index is -3.82. The summed E-state index contributed by atoms with van der Waals surface area (Å²) in [6, 6.07) is 15.1. The Hall–Kier alpha value is -3.33. The number of anilines is 2. The van der Waals surface area contributed by atoms with Gasteiger partial charge in [-0.15, -0.1) is 5.11 Å². The third-order valence-corrected chi connectivity index (χ3v) is 5.01. The van der Waals surface area contributed by atoms with Crippen molar-refractivity contribution in [2.24, 2.45) is 10.2 Å². The molecule has 1 aromatic heterocycles. The van der Waals surface area contributed by atoms with Crippen molar-refractivity contribution in [1.29, 1.82) is 0 Å². The van der Waals surface area contributed by atoms with Crippen LogP contribution in [0.3, 0.4) is 0 Å². The summed E-state index contributed by atoms with van der Waals surface area (Å²) in [4.78, 5) is 8.46. The van der Waals surface area contributed by atoms with E-state index in [0.29, 0.717) is 28.5 Å². The molecule has 0 aliphatic rings. The zero-order chi connectivity index (χ0) is 19.4. The standard InChI is InChI=1S/C18H18N6O2S/c1-12-17(23-22-15-6-4-3-5-7-15)13(2)21-18(20-12)24-27(25,26)16-10-8-14(19)9-11-16/h3-11H,19H2,1-2H3,(H,20,21,24). The van der Waals surface area contributed by atoms with Crippen molar-refractivity contribution in [3.05, 3.63) is 66.0 Å². The fourth-order valence-electron chi connectivity index (χ4n) is 2.33. The summed E-state index contributed by atoms with van der Waals surface area (Å²) in [6.07, 6.45) is 0. The van der Waals surface area contributed by atoms with Crippen molar-refractivity contribution in [2.75, 3.05) is 10.5 Å². The van der Waals surface area contributed by atoms with Crippen LogP contribution in [0, 0.1) is 13.8 Å². The quantitative estimate of drug-likeness (QED) is 0.512. The van der Waals surface area contributed by atoms with Gasteiger partial charge in [-0.1, -0.05) is 18.2 Å². The predicted octanol–water partition coefficient (Wildman–Crippen LogP) is 3.89. The van der Waals surface area contributed by atoms with Gasteiger partial charge in [-0.3, -0.25) is 0 Å². The Morgan fingerprint density at radius 1 is 0.889 bits per heavy atom. The van der Waals surface area contributed by atoms with E-state index in [2.05, 4.69) is 24.9 Å². The Kier molecular flexibility index (Phi) is 5.13. The van der Waals surface area contributed by atoms with Gasteiger partial charge in [-0.05, 0) is 50.2 Å². The third kappa shape index (κ3) is 4.45. The zero-order valence-electron chi connectivity index (χ0n) is 14.8. The van der Waals surface area contributed by atoms with E-state index >= 15 is 0 Å². The molecule has 0 amide bonds. The summed E-state index contributed by atoms with van der Waals surface area (Å²) >= 11 is 0. The molecule has 9 heteroatoms. The predicted molar refractivity (Wildman–Crippen MR) is 104 cm³/mol. The Balaban J connectivity index is 1.86. The second kappa shape index (κ2) is 7.50. The molecule has 0 fully saturated rings. The molecule has 8 nitrogen and oxygen atoms in total. The van der Waals surface area contributed by atoms with Crippen molar-refractivity contribution in [3.63, 3.8) is 0 Å². The SMILES string of the molecule is Cc1nc(NS(=O)(=O)c2ccc(N)cc2)nc(C)c1N=Nc1ccccc1. The smallest absolute Gasteiger partial charge is 0.264 e. The number of rotatable bonds is 5. The van der Waals surface area contributed by atoms with Gasteiger partial charge in [0.05, 0.1) is 22.0 Å². The molecular formula is C18H18N6O2S. The molecule has 2 aromatic carbocycles. The number of aromatic nitrogens is 2. The number of hydrogen-bond donors (Lipinski definition) is 2. The van der Waals surface area contributed by atoms with Crippen molar-refractivity contribution in [2.45, 2.75) is 18.7 Å². The first-order chi connectivity index (χ1) is 12.8. The highest BCUT2D eigenvalue weighted by molar-refractivity contribution is 7.92. The number of azo groups is 1. The first kappa shape index (κ1) is 18.5. The molecule has 0 aliphatic heterocycles. The lowest BCUT2D eigenvalue weighted by Crippen LogP contribution is -2.15. The Bertz CT molecular complexity index is 1060. The van der Waals surface area contributed by atoms with Crippen molar-refractivity contribution < 1.29 is 8.42 Å². The van der Waals surface area contributed by atoms with E-state index in [1.54, 1.807) is 13.8 Å². The van der Waals surface area contributed by atoms with Crippen molar-refractivity contribution >= 4 is 33.0 Å². The molecule has 138 valence electrons. The second-order valence-corrected chi connectivity index (χ2v) is 7.46. The van der Waals surface area contributed by atoms with Crippen LogP contribution in [0.15, 0.2) is 69.7 Å². The van der Waals surface area contributed by atoms with E-state index < -0.39 is 10.0 Å². The Morgan fingerprint density at radius 2 is 1.48 bits per heavy atom. The zero-order valence-corrected chi connectivity index (χ0v) is 15.6. The first-order valence-electron chi connectivity index (χ1n) is 8.05. The summed E-state index contributed by atoms with van der Waals surface area (Å²) < 4.78 is 27.3. The van der Waals surface area contributed by atoms with Crippen LogP contribution in [0.5, 0.6) is 0 Å². The van der Waals surface area contributed by atoms with E-state index in [1.165, 1.54) is 24.3 Å². The van der Waals surface area contributed by atoms with E-state index in [-0.39, 0.29) is 10.8 Å². The maximum absolute atomic E-state index is 12.5. The number of sulfonamides is 1. The second-order valence-electron chi connectivity index (χ2n) is 5.78. The van der Waals surface area contributed by atoms with Gasteiger partial charge in [-0.2, -0.15) is 5.11 Å². The third-order valence-electron chi connectivity index (χ3n) is 3.67. The highest BCUT2D eigenvalue weighted by atomic mass is 32.2. The summed E-state index contributed by atoms with van der Waals surface area (Å²) in [5.74, 6) is -0.0273. The van der Waals surface area contributed by atoms with Crippen LogP contribution in [0.2, 0.25) is 0 Å². The van der Waals surface area contributed by atoms with Gasteiger partial charge in [0, 0.05) is 5.69 Å². The molecular weight excluding hydrogens is 364 g/mol. The van der Waals surface area contributed by atoms with E-state index in [0.717, 1.165) is 0 Å². The number of aryl methyl sites for hydroxylation is 2. The van der Waals surface area contributed by atoms with Gasteiger partial charge in [0.1, 0.15) is 5.69 Å². The van der Waals surface area contributed by atoms with Gasteiger partial charge in [0.15, 0.2) is 0 Å². The van der Waals surface area contributed by atoms with Crippen LogP contribution in [0.1, 0.15) is 11.4 Å². The maximum atomic E-state index is 12.5. The van der Waals surface area contributed by atoms with Gasteiger partial charge < -0.3 is 5.73 Å². The molecule has 0 radical (unpaired) electrons. The van der Waals surface area contributed by atoms with Gasteiger partial charge in [-0.25, -0.2) is 23.1 Å². The molecule has 0 spiro atoms. The minimum Gasteiger partial charge on any atom is -0.399 e. The molecule has 0 aliphatic carbocycles. The number of nitrogens with zero attached hydrogens (tertiary/aromatic N) is 4. The lowest BCUT2D eigenvalue weighted by Gasteiger charge is -2.09. The number of benzene rings is 2. The Morgan fingerprint density at radius 3 is 2.07 bits per heavy atom. The van der Waals surface area contributed by atoms with Gasteiger partial charge in [0.2, 0.25) is 5.95 Å². The number of nitrogens with two attached hydrogens (primary N) is 1. The molecule has 27 heavy (non-hydrogen) atoms. The molecule has 1 heterocycles. The topological polar surface area (TPSA) is 123 Å². The largest absolute Gasteiger partial charge is 0.399 e. The summed E-state index contributed by atoms with van der Waals surface area (Å²) in [5, 5.41) is 8.34. The highest BCUT2D eigenvalue weighted by Crippen LogP contribution is 2.25. The van der Waals surface area contributed by atoms with Gasteiger partial charge >= 0.3 is 0 Å². The number of nitrogens with one attached hydrogen (secondary N) is 1. The van der Waals surface area contributed by atoms with E-state index in [9.17, 15) is 8.42 Å². The molecule has 3 N–H and O–H groups in total. The molecule has 0 saturated carbocycles. The highest BCUT2D eigenvalue weighted by Gasteiger charge is 2.17. The van der Waals surface area contributed by atoms with Crippen LogP contribution in [0.25, 0.3) is 0 Å². The number of hydrogen-bond acceptors (Lipinski definition) is 7. The molecule has 0 bridgehead atoms. The fourth-order valence-corrected chi connectivity index (χ4v) is 3.27. The van der Waals surface area contributed by atoms with E-state index in [1.807, 2.05) is 30.3 Å².